The number of ether oxygens (including phenoxy) is 2. The SMILES string of the molecule is COc1cnc(OC(C)C)s1. The van der Waals surface area contributed by atoms with Crippen LogP contribution in [0.5, 0.6) is 10.3 Å². The Morgan fingerprint density at radius 2 is 2.27 bits per heavy atom. The Bertz CT molecular complexity index is 222. The van der Waals surface area contributed by atoms with Gasteiger partial charge in [-0.15, -0.1) is 0 Å². The van der Waals surface area contributed by atoms with E-state index >= 15 is 0 Å². The molecule has 0 aliphatic carbocycles. The van der Waals surface area contributed by atoms with E-state index in [1.807, 2.05) is 13.8 Å². The lowest BCUT2D eigenvalue weighted by Crippen LogP contribution is -2.04. The molecule has 11 heavy (non-hydrogen) atoms. The van der Waals surface area contributed by atoms with Crippen molar-refractivity contribution in [3.05, 3.63) is 6.20 Å². The second-order valence-corrected chi connectivity index (χ2v) is 3.27. The predicted octanol–water partition coefficient (Wildman–Crippen LogP) is 1.94. The maximum Gasteiger partial charge on any atom is 0.276 e. The third kappa shape index (κ3) is 2.38. The molecule has 0 radical (unpaired) electrons. The molecule has 0 N–H and O–H groups in total. The lowest BCUT2D eigenvalue weighted by Gasteiger charge is -2.03. The maximum absolute atomic E-state index is 5.32. The van der Waals surface area contributed by atoms with E-state index in [1.165, 1.54) is 11.3 Å². The quantitative estimate of drug-likeness (QED) is 0.700. The Labute approximate surface area is 70.0 Å². The van der Waals surface area contributed by atoms with E-state index in [1.54, 1.807) is 13.3 Å². The van der Waals surface area contributed by atoms with Crippen molar-refractivity contribution >= 4 is 11.3 Å². The summed E-state index contributed by atoms with van der Waals surface area (Å²) in [5.41, 5.74) is 0. The number of nitrogens with zero attached hydrogens (tertiary/aromatic N) is 1. The minimum atomic E-state index is 0.172. The van der Waals surface area contributed by atoms with Gasteiger partial charge in [0.1, 0.15) is 0 Å². The molecule has 62 valence electrons. The molecule has 0 saturated heterocycles. The molecule has 1 heterocycles. The van der Waals surface area contributed by atoms with Gasteiger partial charge < -0.3 is 9.47 Å². The first-order valence-corrected chi connectivity index (χ1v) is 4.20. The number of rotatable bonds is 3. The average Bonchev–Trinajstić information content (AvgIpc) is 2.34. The van der Waals surface area contributed by atoms with Gasteiger partial charge in [0, 0.05) is 0 Å². The standard InChI is InChI=1S/C7H11NO2S/c1-5(2)10-7-8-4-6(9-3)11-7/h4-5H,1-3H3. The van der Waals surface area contributed by atoms with E-state index in [4.69, 9.17) is 9.47 Å². The highest BCUT2D eigenvalue weighted by Gasteiger charge is 2.03. The van der Waals surface area contributed by atoms with Crippen molar-refractivity contribution in [1.82, 2.24) is 4.98 Å². The predicted molar refractivity (Wildman–Crippen MR) is 44.4 cm³/mol. The van der Waals surface area contributed by atoms with Gasteiger partial charge in [0.05, 0.1) is 19.4 Å². The summed E-state index contributed by atoms with van der Waals surface area (Å²) in [6.45, 7) is 3.93. The average molecular weight is 173 g/mol. The lowest BCUT2D eigenvalue weighted by molar-refractivity contribution is 0.241. The molecule has 1 aromatic heterocycles. The lowest BCUT2D eigenvalue weighted by atomic mass is 10.5. The first-order valence-electron chi connectivity index (χ1n) is 3.39. The molecular weight excluding hydrogens is 162 g/mol. The van der Waals surface area contributed by atoms with Gasteiger partial charge in [-0.25, -0.2) is 4.98 Å². The smallest absolute Gasteiger partial charge is 0.276 e. The van der Waals surface area contributed by atoms with E-state index in [2.05, 4.69) is 4.98 Å². The zero-order chi connectivity index (χ0) is 8.27. The van der Waals surface area contributed by atoms with Crippen molar-refractivity contribution in [3.8, 4) is 10.3 Å². The van der Waals surface area contributed by atoms with Crippen LogP contribution in [0.2, 0.25) is 0 Å². The molecule has 0 saturated carbocycles. The highest BCUT2D eigenvalue weighted by atomic mass is 32.1. The second-order valence-electron chi connectivity index (χ2n) is 2.32. The summed E-state index contributed by atoms with van der Waals surface area (Å²) < 4.78 is 10.3. The third-order valence-corrected chi connectivity index (χ3v) is 1.85. The van der Waals surface area contributed by atoms with Gasteiger partial charge in [-0.3, -0.25) is 0 Å². The van der Waals surface area contributed by atoms with Crippen LogP contribution in [-0.2, 0) is 0 Å². The fourth-order valence-corrected chi connectivity index (χ4v) is 1.30. The minimum absolute atomic E-state index is 0.172. The van der Waals surface area contributed by atoms with Gasteiger partial charge in [-0.1, -0.05) is 0 Å². The zero-order valence-electron chi connectivity index (χ0n) is 6.83. The molecule has 0 bridgehead atoms. The van der Waals surface area contributed by atoms with Crippen LogP contribution in [0.3, 0.4) is 0 Å². The third-order valence-electron chi connectivity index (χ3n) is 1.00. The van der Waals surface area contributed by atoms with Gasteiger partial charge in [0.2, 0.25) is 0 Å². The van der Waals surface area contributed by atoms with E-state index in [9.17, 15) is 0 Å². The Balaban J connectivity index is 2.58. The van der Waals surface area contributed by atoms with Crippen molar-refractivity contribution in [1.29, 1.82) is 0 Å². The topological polar surface area (TPSA) is 31.4 Å². The van der Waals surface area contributed by atoms with Crippen LogP contribution in [-0.4, -0.2) is 18.2 Å². The Morgan fingerprint density at radius 3 is 2.73 bits per heavy atom. The number of thiazole rings is 1. The Hall–Kier alpha value is -0.770. The van der Waals surface area contributed by atoms with Gasteiger partial charge in [-0.05, 0) is 25.2 Å². The molecule has 0 aromatic carbocycles. The van der Waals surface area contributed by atoms with Crippen LogP contribution >= 0.6 is 11.3 Å². The van der Waals surface area contributed by atoms with Crippen molar-refractivity contribution in [3.63, 3.8) is 0 Å². The van der Waals surface area contributed by atoms with Crippen molar-refractivity contribution in [2.45, 2.75) is 20.0 Å². The highest BCUT2D eigenvalue weighted by molar-refractivity contribution is 7.15. The van der Waals surface area contributed by atoms with Gasteiger partial charge in [-0.2, -0.15) is 0 Å². The highest BCUT2D eigenvalue weighted by Crippen LogP contribution is 2.27. The van der Waals surface area contributed by atoms with Crippen LogP contribution in [0.1, 0.15) is 13.8 Å². The molecule has 1 rings (SSSR count). The molecule has 3 nitrogen and oxygen atoms in total. The summed E-state index contributed by atoms with van der Waals surface area (Å²) in [5, 5.41) is 1.44. The first-order chi connectivity index (χ1) is 5.22. The summed E-state index contributed by atoms with van der Waals surface area (Å²) in [6.07, 6.45) is 1.83. The Morgan fingerprint density at radius 1 is 1.55 bits per heavy atom. The summed E-state index contributed by atoms with van der Waals surface area (Å²) in [5.74, 6) is 0. The molecule has 1 aromatic rings. The van der Waals surface area contributed by atoms with Crippen LogP contribution in [0, 0.1) is 0 Å². The van der Waals surface area contributed by atoms with Crippen LogP contribution in [0.25, 0.3) is 0 Å². The number of aromatic nitrogens is 1. The van der Waals surface area contributed by atoms with Crippen molar-refractivity contribution < 1.29 is 9.47 Å². The fourth-order valence-electron chi connectivity index (χ4n) is 0.595. The molecular formula is C7H11NO2S. The van der Waals surface area contributed by atoms with E-state index in [0.717, 1.165) is 5.06 Å². The maximum atomic E-state index is 5.32. The summed E-state index contributed by atoms with van der Waals surface area (Å²) in [6, 6.07) is 0. The van der Waals surface area contributed by atoms with Crippen LogP contribution in [0.4, 0.5) is 0 Å². The normalized spacial score (nSPS) is 10.2. The molecule has 0 amide bonds. The molecule has 0 aliphatic heterocycles. The molecule has 0 spiro atoms. The number of hydrogen-bond donors (Lipinski definition) is 0. The van der Waals surface area contributed by atoms with E-state index in [-0.39, 0.29) is 6.10 Å². The zero-order valence-corrected chi connectivity index (χ0v) is 7.64. The summed E-state index contributed by atoms with van der Waals surface area (Å²) in [4.78, 5) is 4.00. The largest absolute Gasteiger partial charge is 0.486 e. The molecule has 0 unspecified atom stereocenters. The summed E-state index contributed by atoms with van der Waals surface area (Å²) in [7, 11) is 1.62. The molecule has 4 heteroatoms. The summed E-state index contributed by atoms with van der Waals surface area (Å²) >= 11 is 1.41. The molecule has 0 atom stereocenters. The van der Waals surface area contributed by atoms with Gasteiger partial charge in [0.25, 0.3) is 5.19 Å². The van der Waals surface area contributed by atoms with E-state index in [0.29, 0.717) is 5.19 Å². The number of hydrogen-bond acceptors (Lipinski definition) is 4. The number of methoxy groups -OCH3 is 1. The first kappa shape index (κ1) is 8.33. The van der Waals surface area contributed by atoms with Crippen LogP contribution < -0.4 is 9.47 Å². The van der Waals surface area contributed by atoms with Crippen LogP contribution in [0.15, 0.2) is 6.20 Å². The van der Waals surface area contributed by atoms with Crippen molar-refractivity contribution in [2.24, 2.45) is 0 Å². The monoisotopic (exact) mass is 173 g/mol. The second kappa shape index (κ2) is 3.57. The Kier molecular flexibility index (Phi) is 2.70. The van der Waals surface area contributed by atoms with Gasteiger partial charge in [0.15, 0.2) is 5.06 Å². The minimum Gasteiger partial charge on any atom is -0.486 e. The van der Waals surface area contributed by atoms with Crippen molar-refractivity contribution in [2.75, 3.05) is 7.11 Å². The van der Waals surface area contributed by atoms with Gasteiger partial charge >= 0.3 is 0 Å². The van der Waals surface area contributed by atoms with E-state index < -0.39 is 0 Å². The molecule has 0 fully saturated rings. The molecule has 0 aliphatic rings. The fraction of sp³-hybridized carbons (Fsp3) is 0.571.